The van der Waals surface area contributed by atoms with Gasteiger partial charge >= 0.3 is 5.97 Å². The summed E-state index contributed by atoms with van der Waals surface area (Å²) in [6.45, 7) is 1.57. The first-order chi connectivity index (χ1) is 12.5. The number of nitrogens with zero attached hydrogens (tertiary/aromatic N) is 1. The minimum Gasteiger partial charge on any atom is -0.452 e. The Hall–Kier alpha value is -3.06. The number of hydrogen-bond donors (Lipinski definition) is 1. The summed E-state index contributed by atoms with van der Waals surface area (Å²) in [6.07, 6.45) is 2.66. The Labute approximate surface area is 153 Å². The van der Waals surface area contributed by atoms with Gasteiger partial charge in [-0.1, -0.05) is 29.5 Å². The van der Waals surface area contributed by atoms with Crippen molar-refractivity contribution in [3.8, 4) is 0 Å². The number of nitrogens with one attached hydrogen (secondary N) is 1. The largest absolute Gasteiger partial charge is 0.452 e. The van der Waals surface area contributed by atoms with Gasteiger partial charge in [-0.05, 0) is 48.4 Å². The molecule has 0 atom stereocenters. The predicted octanol–water partition coefficient (Wildman–Crippen LogP) is 3.94. The number of ether oxygens (including phenoxy) is 1. The van der Waals surface area contributed by atoms with Crippen LogP contribution in [0.15, 0.2) is 48.5 Å². The summed E-state index contributed by atoms with van der Waals surface area (Å²) in [5.41, 5.74) is 2.56. The summed E-state index contributed by atoms with van der Waals surface area (Å²) in [5, 5.41) is 3.06. The summed E-state index contributed by atoms with van der Waals surface area (Å²) < 4.78 is 18.6. The predicted molar refractivity (Wildman–Crippen MR) is 99.4 cm³/mol. The van der Waals surface area contributed by atoms with Gasteiger partial charge in [0.1, 0.15) is 5.82 Å². The topological polar surface area (TPSA) is 68.3 Å². The van der Waals surface area contributed by atoms with E-state index in [4.69, 9.17) is 4.74 Å². The number of aryl methyl sites for hydroxylation is 1. The van der Waals surface area contributed by atoms with Gasteiger partial charge in [-0.15, -0.1) is 0 Å². The average Bonchev–Trinajstić information content (AvgIpc) is 3.00. The molecule has 0 aliphatic carbocycles. The lowest BCUT2D eigenvalue weighted by Crippen LogP contribution is -2.19. The van der Waals surface area contributed by atoms with Crippen molar-refractivity contribution in [2.45, 2.75) is 6.92 Å². The smallest absolute Gasteiger partial charge is 0.331 e. The van der Waals surface area contributed by atoms with E-state index in [2.05, 4.69) is 10.3 Å². The number of fused-ring (bicyclic) bond motifs is 1. The fourth-order valence-electron chi connectivity index (χ4n) is 2.16. The molecule has 0 unspecified atom stereocenters. The molecular formula is C19H15FN2O3S. The molecule has 3 rings (SSSR count). The quantitative estimate of drug-likeness (QED) is 0.546. The number of aromatic nitrogens is 1. The van der Waals surface area contributed by atoms with Crippen LogP contribution >= 0.6 is 11.3 Å². The van der Waals surface area contributed by atoms with Gasteiger partial charge in [0.25, 0.3) is 5.91 Å². The van der Waals surface area contributed by atoms with Crippen molar-refractivity contribution < 1.29 is 18.7 Å². The minimum absolute atomic E-state index is 0.355. The van der Waals surface area contributed by atoms with E-state index >= 15 is 0 Å². The lowest BCUT2D eigenvalue weighted by molar-refractivity contribution is -0.142. The Bertz CT molecular complexity index is 980. The lowest BCUT2D eigenvalue weighted by atomic mass is 10.2. The second-order valence-corrected chi connectivity index (χ2v) is 6.56. The molecule has 0 bridgehead atoms. The summed E-state index contributed by atoms with van der Waals surface area (Å²) in [4.78, 5) is 27.8. The number of benzene rings is 2. The maximum absolute atomic E-state index is 12.8. The van der Waals surface area contributed by atoms with E-state index < -0.39 is 18.5 Å². The maximum atomic E-state index is 12.8. The number of anilines is 1. The molecule has 0 spiro atoms. The summed E-state index contributed by atoms with van der Waals surface area (Å²) in [5.74, 6) is -1.49. The van der Waals surface area contributed by atoms with Crippen LogP contribution in [0.5, 0.6) is 0 Å². The molecule has 1 N–H and O–H groups in total. The van der Waals surface area contributed by atoms with Gasteiger partial charge in [-0.25, -0.2) is 14.2 Å². The van der Waals surface area contributed by atoms with E-state index in [-0.39, 0.29) is 5.82 Å². The van der Waals surface area contributed by atoms with Crippen LogP contribution in [0, 0.1) is 12.7 Å². The number of halogens is 1. The first-order valence-corrected chi connectivity index (χ1v) is 8.59. The van der Waals surface area contributed by atoms with Gasteiger partial charge in [0.05, 0.1) is 10.2 Å². The number of rotatable bonds is 5. The van der Waals surface area contributed by atoms with Crippen molar-refractivity contribution in [2.75, 3.05) is 11.9 Å². The zero-order chi connectivity index (χ0) is 18.5. The Morgan fingerprint density at radius 2 is 2.00 bits per heavy atom. The Morgan fingerprint density at radius 1 is 1.23 bits per heavy atom. The minimum atomic E-state index is -0.663. The standard InChI is InChI=1S/C19H15FN2O3S/c1-12-2-8-15-16(10-12)26-19(21-15)22-17(23)11-25-18(24)9-5-13-3-6-14(20)7-4-13/h2-10H,11H2,1H3,(H,21,22,23)/b9-5+. The molecule has 1 amide bonds. The number of carbonyl (C=O) groups excluding carboxylic acids is 2. The van der Waals surface area contributed by atoms with Crippen LogP contribution in [0.3, 0.4) is 0 Å². The van der Waals surface area contributed by atoms with Crippen molar-refractivity contribution in [1.29, 1.82) is 0 Å². The zero-order valence-corrected chi connectivity index (χ0v) is 14.7. The van der Waals surface area contributed by atoms with Crippen LogP contribution in [-0.2, 0) is 14.3 Å². The van der Waals surface area contributed by atoms with Crippen molar-refractivity contribution in [3.05, 3.63) is 65.5 Å². The molecule has 0 saturated carbocycles. The maximum Gasteiger partial charge on any atom is 0.331 e. The second kappa shape index (κ2) is 7.88. The van der Waals surface area contributed by atoms with Gasteiger partial charge in [-0.2, -0.15) is 0 Å². The Morgan fingerprint density at radius 3 is 2.77 bits per heavy atom. The van der Waals surface area contributed by atoms with E-state index in [1.165, 1.54) is 47.8 Å². The summed E-state index contributed by atoms with van der Waals surface area (Å²) >= 11 is 1.35. The highest BCUT2D eigenvalue weighted by Gasteiger charge is 2.09. The fraction of sp³-hybridized carbons (Fsp3) is 0.105. The van der Waals surface area contributed by atoms with Crippen LogP contribution in [0.25, 0.3) is 16.3 Å². The van der Waals surface area contributed by atoms with Crippen molar-refractivity contribution in [3.63, 3.8) is 0 Å². The van der Waals surface area contributed by atoms with E-state index in [9.17, 15) is 14.0 Å². The average molecular weight is 370 g/mol. The molecular weight excluding hydrogens is 355 g/mol. The highest BCUT2D eigenvalue weighted by atomic mass is 32.1. The molecule has 26 heavy (non-hydrogen) atoms. The third-order valence-corrected chi connectivity index (χ3v) is 4.35. The monoisotopic (exact) mass is 370 g/mol. The molecule has 0 aliphatic rings. The molecule has 1 aromatic heterocycles. The third kappa shape index (κ3) is 4.73. The summed E-state index contributed by atoms with van der Waals surface area (Å²) in [6, 6.07) is 11.5. The number of thiazole rings is 1. The SMILES string of the molecule is Cc1ccc2nc(NC(=O)COC(=O)/C=C/c3ccc(F)cc3)sc2c1. The molecule has 0 aliphatic heterocycles. The molecule has 5 nitrogen and oxygen atoms in total. The van der Waals surface area contributed by atoms with Crippen molar-refractivity contribution in [2.24, 2.45) is 0 Å². The molecule has 1 heterocycles. The normalized spacial score (nSPS) is 11.0. The van der Waals surface area contributed by atoms with Gasteiger partial charge in [0.2, 0.25) is 0 Å². The molecule has 3 aromatic rings. The van der Waals surface area contributed by atoms with Crippen molar-refractivity contribution >= 4 is 44.6 Å². The molecule has 7 heteroatoms. The number of esters is 1. The highest BCUT2D eigenvalue weighted by molar-refractivity contribution is 7.22. The molecule has 2 aromatic carbocycles. The van der Waals surface area contributed by atoms with Crippen LogP contribution in [0.1, 0.15) is 11.1 Å². The van der Waals surface area contributed by atoms with Crippen LogP contribution in [-0.4, -0.2) is 23.5 Å². The molecule has 0 fully saturated rings. The number of amides is 1. The third-order valence-electron chi connectivity index (χ3n) is 3.42. The lowest BCUT2D eigenvalue weighted by Gasteiger charge is -2.02. The van der Waals surface area contributed by atoms with E-state index in [0.717, 1.165) is 15.8 Å². The van der Waals surface area contributed by atoms with Crippen LogP contribution in [0.4, 0.5) is 9.52 Å². The van der Waals surface area contributed by atoms with Crippen LogP contribution in [0.2, 0.25) is 0 Å². The van der Waals surface area contributed by atoms with Gasteiger partial charge in [0.15, 0.2) is 11.7 Å². The van der Waals surface area contributed by atoms with E-state index in [0.29, 0.717) is 10.7 Å². The van der Waals surface area contributed by atoms with E-state index in [1.54, 1.807) is 0 Å². The fourth-order valence-corrected chi connectivity index (χ4v) is 3.14. The Kier molecular flexibility index (Phi) is 5.38. The molecule has 0 saturated heterocycles. The first-order valence-electron chi connectivity index (χ1n) is 7.77. The first kappa shape index (κ1) is 17.8. The van der Waals surface area contributed by atoms with E-state index in [1.807, 2.05) is 25.1 Å². The Balaban J connectivity index is 1.51. The molecule has 0 radical (unpaired) electrons. The second-order valence-electron chi connectivity index (χ2n) is 5.53. The van der Waals surface area contributed by atoms with Crippen molar-refractivity contribution in [1.82, 2.24) is 4.98 Å². The van der Waals surface area contributed by atoms with Gasteiger partial charge in [-0.3, -0.25) is 10.1 Å². The van der Waals surface area contributed by atoms with Crippen LogP contribution < -0.4 is 5.32 Å². The summed E-state index contributed by atoms with van der Waals surface area (Å²) in [7, 11) is 0. The highest BCUT2D eigenvalue weighted by Crippen LogP contribution is 2.26. The number of hydrogen-bond acceptors (Lipinski definition) is 5. The zero-order valence-electron chi connectivity index (χ0n) is 13.9. The number of carbonyl (C=O) groups is 2. The van der Waals surface area contributed by atoms with Gasteiger partial charge < -0.3 is 4.74 Å². The molecule has 132 valence electrons. The van der Waals surface area contributed by atoms with Gasteiger partial charge in [0, 0.05) is 6.08 Å².